The van der Waals surface area contributed by atoms with E-state index in [0.717, 1.165) is 17.1 Å². The fourth-order valence-corrected chi connectivity index (χ4v) is 3.57. The third-order valence-electron chi connectivity index (χ3n) is 4.62. The fraction of sp³-hybridized carbons (Fsp3) is 0.286. The molecule has 7 heteroatoms. The molecular formula is C21H25N5OS. The quantitative estimate of drug-likeness (QED) is 0.585. The molecule has 2 aromatic carbocycles. The van der Waals surface area contributed by atoms with E-state index in [1.165, 1.54) is 29.2 Å². The van der Waals surface area contributed by atoms with Crippen LogP contribution in [-0.4, -0.2) is 50.9 Å². The van der Waals surface area contributed by atoms with E-state index >= 15 is 0 Å². The highest BCUT2D eigenvalue weighted by Gasteiger charge is 2.13. The van der Waals surface area contributed by atoms with Crippen LogP contribution < -0.4 is 0 Å². The molecule has 1 amide bonds. The lowest BCUT2D eigenvalue weighted by Crippen LogP contribution is -2.22. The van der Waals surface area contributed by atoms with Gasteiger partial charge in [-0.25, -0.2) is 9.67 Å². The molecule has 1 atom stereocenters. The number of carbonyl (C=O) groups excluding carboxylic acids is 1. The zero-order chi connectivity index (χ0) is 20.1. The SMILES string of the molecule is CC(c1ccc(-n2cncn2)cc1)N(C)Cc1cccc(SC(=O)N(C)C)c1. The van der Waals surface area contributed by atoms with E-state index in [1.54, 1.807) is 30.0 Å². The van der Waals surface area contributed by atoms with Crippen molar-refractivity contribution >= 4 is 17.0 Å². The molecule has 0 aliphatic heterocycles. The van der Waals surface area contributed by atoms with E-state index in [2.05, 4.69) is 65.4 Å². The molecule has 28 heavy (non-hydrogen) atoms. The highest BCUT2D eigenvalue weighted by atomic mass is 32.2. The molecule has 0 spiro atoms. The summed E-state index contributed by atoms with van der Waals surface area (Å²) in [6, 6.07) is 16.8. The second kappa shape index (κ2) is 9.03. The highest BCUT2D eigenvalue weighted by molar-refractivity contribution is 8.13. The summed E-state index contributed by atoms with van der Waals surface area (Å²) in [5, 5.41) is 4.19. The first-order valence-corrected chi connectivity index (χ1v) is 9.89. The van der Waals surface area contributed by atoms with Crippen LogP contribution in [0.2, 0.25) is 0 Å². The molecule has 0 saturated heterocycles. The molecule has 3 aromatic rings. The van der Waals surface area contributed by atoms with Gasteiger partial charge < -0.3 is 4.90 Å². The normalized spacial score (nSPS) is 12.2. The van der Waals surface area contributed by atoms with Crippen molar-refractivity contribution in [2.45, 2.75) is 24.4 Å². The van der Waals surface area contributed by atoms with E-state index in [1.807, 2.05) is 12.1 Å². The van der Waals surface area contributed by atoms with Crippen molar-refractivity contribution in [1.82, 2.24) is 24.6 Å². The number of hydrogen-bond donors (Lipinski definition) is 0. The van der Waals surface area contributed by atoms with Gasteiger partial charge in [0.25, 0.3) is 5.24 Å². The molecule has 0 aliphatic carbocycles. The van der Waals surface area contributed by atoms with Crippen molar-refractivity contribution in [2.24, 2.45) is 0 Å². The van der Waals surface area contributed by atoms with Crippen LogP contribution in [-0.2, 0) is 6.54 Å². The average Bonchev–Trinajstić information content (AvgIpc) is 3.22. The predicted molar refractivity (Wildman–Crippen MR) is 113 cm³/mol. The van der Waals surface area contributed by atoms with Crippen molar-refractivity contribution in [2.75, 3.05) is 21.1 Å². The van der Waals surface area contributed by atoms with Crippen LogP contribution in [0.3, 0.4) is 0 Å². The number of carbonyl (C=O) groups is 1. The van der Waals surface area contributed by atoms with Crippen LogP contribution in [0.5, 0.6) is 0 Å². The third kappa shape index (κ3) is 4.99. The summed E-state index contributed by atoms with van der Waals surface area (Å²) in [6.45, 7) is 3.00. The maximum atomic E-state index is 11.9. The minimum atomic E-state index is 0.0337. The molecule has 0 N–H and O–H groups in total. The summed E-state index contributed by atoms with van der Waals surface area (Å²) < 4.78 is 1.75. The molecule has 146 valence electrons. The minimum absolute atomic E-state index is 0.0337. The summed E-state index contributed by atoms with van der Waals surface area (Å²) in [5.41, 5.74) is 3.41. The smallest absolute Gasteiger partial charge is 0.285 e. The van der Waals surface area contributed by atoms with Crippen LogP contribution in [0.1, 0.15) is 24.1 Å². The molecule has 3 rings (SSSR count). The monoisotopic (exact) mass is 395 g/mol. The van der Waals surface area contributed by atoms with E-state index < -0.39 is 0 Å². The van der Waals surface area contributed by atoms with E-state index in [9.17, 15) is 4.79 Å². The second-order valence-corrected chi connectivity index (χ2v) is 7.96. The summed E-state index contributed by atoms with van der Waals surface area (Å²) >= 11 is 1.25. The van der Waals surface area contributed by atoms with Gasteiger partial charge in [0.2, 0.25) is 0 Å². The van der Waals surface area contributed by atoms with Crippen molar-refractivity contribution in [1.29, 1.82) is 0 Å². The molecule has 0 fully saturated rings. The maximum absolute atomic E-state index is 11.9. The lowest BCUT2D eigenvalue weighted by atomic mass is 10.1. The molecule has 0 bridgehead atoms. The van der Waals surface area contributed by atoms with E-state index in [-0.39, 0.29) is 11.3 Å². The number of thioether (sulfide) groups is 1. The Balaban J connectivity index is 1.65. The number of hydrogen-bond acceptors (Lipinski definition) is 5. The second-order valence-electron chi connectivity index (χ2n) is 6.93. The lowest BCUT2D eigenvalue weighted by molar-refractivity contribution is 0.241. The van der Waals surface area contributed by atoms with Gasteiger partial charge in [0.05, 0.1) is 5.69 Å². The van der Waals surface area contributed by atoms with E-state index in [4.69, 9.17) is 0 Å². The van der Waals surface area contributed by atoms with Gasteiger partial charge in [-0.1, -0.05) is 24.3 Å². The van der Waals surface area contributed by atoms with Gasteiger partial charge in [-0.3, -0.25) is 9.69 Å². The Morgan fingerprint density at radius 3 is 2.54 bits per heavy atom. The fourth-order valence-electron chi connectivity index (χ4n) is 2.83. The lowest BCUT2D eigenvalue weighted by Gasteiger charge is -2.25. The summed E-state index contributed by atoms with van der Waals surface area (Å²) in [7, 11) is 5.65. The van der Waals surface area contributed by atoms with Crippen LogP contribution in [0, 0.1) is 0 Å². The van der Waals surface area contributed by atoms with Gasteiger partial charge in [0.1, 0.15) is 12.7 Å². The van der Waals surface area contributed by atoms with E-state index in [0.29, 0.717) is 0 Å². The molecule has 0 aliphatic rings. The Bertz CT molecular complexity index is 909. The van der Waals surface area contributed by atoms with Gasteiger partial charge in [0, 0.05) is 31.6 Å². The summed E-state index contributed by atoms with van der Waals surface area (Å²) in [5.74, 6) is 0. The molecule has 0 radical (unpaired) electrons. The van der Waals surface area contributed by atoms with Crippen molar-refractivity contribution in [3.8, 4) is 5.69 Å². The minimum Gasteiger partial charge on any atom is -0.339 e. The molecule has 6 nitrogen and oxygen atoms in total. The standard InChI is InChI=1S/C21H25N5OS/c1-16(18-8-10-19(11-9-18)26-15-22-14-23-26)25(4)13-17-6-5-7-20(12-17)28-21(27)24(2)3/h5-12,14-16H,13H2,1-4H3. The third-order valence-corrected chi connectivity index (χ3v) is 5.65. The summed E-state index contributed by atoms with van der Waals surface area (Å²) in [6.07, 6.45) is 3.22. The van der Waals surface area contributed by atoms with Crippen LogP contribution >= 0.6 is 11.8 Å². The predicted octanol–water partition coefficient (Wildman–Crippen LogP) is 4.23. The Labute approximate surface area is 170 Å². The first-order valence-electron chi connectivity index (χ1n) is 9.07. The number of aromatic nitrogens is 3. The number of nitrogens with zero attached hydrogens (tertiary/aromatic N) is 5. The highest BCUT2D eigenvalue weighted by Crippen LogP contribution is 2.25. The van der Waals surface area contributed by atoms with Gasteiger partial charge in [-0.2, -0.15) is 5.10 Å². The molecule has 1 unspecified atom stereocenters. The van der Waals surface area contributed by atoms with Crippen molar-refractivity contribution in [3.05, 3.63) is 72.3 Å². The zero-order valence-electron chi connectivity index (χ0n) is 16.6. The summed E-state index contributed by atoms with van der Waals surface area (Å²) in [4.78, 5) is 20.8. The van der Waals surface area contributed by atoms with Gasteiger partial charge in [-0.05, 0) is 61.1 Å². The topological polar surface area (TPSA) is 54.3 Å². The molecule has 1 heterocycles. The largest absolute Gasteiger partial charge is 0.339 e. The van der Waals surface area contributed by atoms with Crippen molar-refractivity contribution < 1.29 is 4.79 Å². The molecular weight excluding hydrogens is 370 g/mol. The Kier molecular flexibility index (Phi) is 6.49. The number of rotatable bonds is 6. The average molecular weight is 396 g/mol. The number of benzene rings is 2. The van der Waals surface area contributed by atoms with Crippen LogP contribution in [0.4, 0.5) is 4.79 Å². The molecule has 1 aromatic heterocycles. The first kappa shape index (κ1) is 20.1. The Hall–Kier alpha value is -2.64. The Morgan fingerprint density at radius 2 is 1.89 bits per heavy atom. The van der Waals surface area contributed by atoms with Gasteiger partial charge in [-0.15, -0.1) is 0 Å². The molecule has 0 saturated carbocycles. The zero-order valence-corrected chi connectivity index (χ0v) is 17.4. The van der Waals surface area contributed by atoms with Crippen molar-refractivity contribution in [3.63, 3.8) is 0 Å². The van der Waals surface area contributed by atoms with Gasteiger partial charge >= 0.3 is 0 Å². The number of amides is 1. The van der Waals surface area contributed by atoms with Crippen LogP contribution in [0.25, 0.3) is 5.69 Å². The van der Waals surface area contributed by atoms with Crippen LogP contribution in [0.15, 0.2) is 66.1 Å². The Morgan fingerprint density at radius 1 is 1.14 bits per heavy atom. The first-order chi connectivity index (χ1) is 13.4. The maximum Gasteiger partial charge on any atom is 0.285 e. The van der Waals surface area contributed by atoms with Gasteiger partial charge in [0.15, 0.2) is 0 Å².